The fourth-order valence-electron chi connectivity index (χ4n) is 2.16. The first-order valence-corrected chi connectivity index (χ1v) is 5.89. The van der Waals surface area contributed by atoms with Gasteiger partial charge in [-0.25, -0.2) is 0 Å². The minimum atomic E-state index is 0.326. The van der Waals surface area contributed by atoms with E-state index in [0.717, 1.165) is 27.6 Å². The predicted octanol–water partition coefficient (Wildman–Crippen LogP) is 3.92. The number of phenolic OH excluding ortho intramolecular Hbond substituents is 1. The third-order valence-corrected chi connectivity index (χ3v) is 3.14. The lowest BCUT2D eigenvalue weighted by atomic mass is 10.00. The van der Waals surface area contributed by atoms with Gasteiger partial charge in [0, 0.05) is 17.1 Å². The molecule has 0 amide bonds. The molecule has 1 heterocycles. The van der Waals surface area contributed by atoms with E-state index in [9.17, 15) is 5.11 Å². The molecule has 0 radical (unpaired) electrons. The molecule has 1 aromatic heterocycles. The van der Waals surface area contributed by atoms with Crippen LogP contribution in [0.1, 0.15) is 5.56 Å². The first-order valence-electron chi connectivity index (χ1n) is 5.89. The van der Waals surface area contributed by atoms with Crippen molar-refractivity contribution in [3.05, 3.63) is 60.3 Å². The second kappa shape index (κ2) is 4.15. The molecule has 0 saturated carbocycles. The molecule has 88 valence electrons. The quantitative estimate of drug-likeness (QED) is 0.693. The monoisotopic (exact) mass is 235 g/mol. The number of phenols is 1. The van der Waals surface area contributed by atoms with Crippen molar-refractivity contribution in [2.24, 2.45) is 0 Å². The molecule has 0 fully saturated rings. The Bertz CT molecular complexity index is 714. The van der Waals surface area contributed by atoms with Gasteiger partial charge in [0.05, 0.1) is 5.52 Å². The number of pyridine rings is 1. The lowest BCUT2D eigenvalue weighted by Crippen LogP contribution is -1.85. The van der Waals surface area contributed by atoms with Crippen molar-refractivity contribution >= 4 is 10.9 Å². The summed E-state index contributed by atoms with van der Waals surface area (Å²) in [5.41, 5.74) is 4.04. The average molecular weight is 235 g/mol. The van der Waals surface area contributed by atoms with Crippen molar-refractivity contribution in [2.75, 3.05) is 0 Å². The van der Waals surface area contributed by atoms with Gasteiger partial charge in [-0.2, -0.15) is 0 Å². The highest BCUT2D eigenvalue weighted by molar-refractivity contribution is 5.93. The van der Waals surface area contributed by atoms with Gasteiger partial charge in [-0.15, -0.1) is 0 Å². The third kappa shape index (κ3) is 1.72. The van der Waals surface area contributed by atoms with Crippen molar-refractivity contribution in [3.63, 3.8) is 0 Å². The highest BCUT2D eigenvalue weighted by Gasteiger charge is 2.05. The zero-order chi connectivity index (χ0) is 12.5. The molecule has 0 aliphatic rings. The number of aryl methyl sites for hydroxylation is 1. The number of hydrogen-bond donors (Lipinski definition) is 1. The fraction of sp³-hybridized carbons (Fsp3) is 0.0625. The van der Waals surface area contributed by atoms with Crippen LogP contribution in [0.2, 0.25) is 0 Å². The predicted molar refractivity (Wildman–Crippen MR) is 73.6 cm³/mol. The number of rotatable bonds is 1. The topological polar surface area (TPSA) is 33.1 Å². The first kappa shape index (κ1) is 10.8. The largest absolute Gasteiger partial charge is 0.508 e. The number of benzene rings is 2. The van der Waals surface area contributed by atoms with E-state index >= 15 is 0 Å². The second-order valence-corrected chi connectivity index (χ2v) is 4.38. The van der Waals surface area contributed by atoms with Gasteiger partial charge in [-0.05, 0) is 36.2 Å². The van der Waals surface area contributed by atoms with Crippen molar-refractivity contribution in [1.29, 1.82) is 0 Å². The van der Waals surface area contributed by atoms with Crippen molar-refractivity contribution in [2.45, 2.75) is 6.92 Å². The van der Waals surface area contributed by atoms with E-state index in [0.29, 0.717) is 5.75 Å². The average Bonchev–Trinajstić information content (AvgIpc) is 2.41. The van der Waals surface area contributed by atoms with Gasteiger partial charge in [0.15, 0.2) is 0 Å². The molecule has 0 saturated heterocycles. The summed E-state index contributed by atoms with van der Waals surface area (Å²) in [5, 5.41) is 10.7. The molecular formula is C16H13NO. The Morgan fingerprint density at radius 1 is 1.00 bits per heavy atom. The SMILES string of the molecule is Cc1cc(-c2cccc3cccnc23)ccc1O. The normalized spacial score (nSPS) is 10.7. The first-order chi connectivity index (χ1) is 8.75. The van der Waals surface area contributed by atoms with Crippen LogP contribution in [0.4, 0.5) is 0 Å². The fourth-order valence-corrected chi connectivity index (χ4v) is 2.16. The number of nitrogens with zero attached hydrogens (tertiary/aromatic N) is 1. The molecule has 0 aliphatic carbocycles. The summed E-state index contributed by atoms with van der Waals surface area (Å²) in [6, 6.07) is 15.8. The molecular weight excluding hydrogens is 222 g/mol. The molecule has 3 aromatic rings. The minimum absolute atomic E-state index is 0.326. The molecule has 2 nitrogen and oxygen atoms in total. The van der Waals surface area contributed by atoms with Crippen molar-refractivity contribution < 1.29 is 5.11 Å². The summed E-state index contributed by atoms with van der Waals surface area (Å²) in [4.78, 5) is 4.45. The summed E-state index contributed by atoms with van der Waals surface area (Å²) in [5.74, 6) is 0.326. The van der Waals surface area contributed by atoms with Crippen LogP contribution < -0.4 is 0 Å². The van der Waals surface area contributed by atoms with E-state index in [1.807, 2.05) is 31.2 Å². The van der Waals surface area contributed by atoms with Crippen LogP contribution in [0.25, 0.3) is 22.0 Å². The zero-order valence-corrected chi connectivity index (χ0v) is 10.1. The van der Waals surface area contributed by atoms with Gasteiger partial charge < -0.3 is 5.11 Å². The Balaban J connectivity index is 2.28. The number of hydrogen-bond acceptors (Lipinski definition) is 2. The van der Waals surface area contributed by atoms with Crippen LogP contribution in [0.15, 0.2) is 54.7 Å². The maximum atomic E-state index is 9.59. The molecule has 0 spiro atoms. The summed E-state index contributed by atoms with van der Waals surface area (Å²) in [6.45, 7) is 1.90. The van der Waals surface area contributed by atoms with E-state index in [2.05, 4.69) is 23.2 Å². The van der Waals surface area contributed by atoms with Crippen LogP contribution in [0.3, 0.4) is 0 Å². The summed E-state index contributed by atoms with van der Waals surface area (Å²) in [6.07, 6.45) is 1.80. The number of aromatic hydroxyl groups is 1. The van der Waals surface area contributed by atoms with Gasteiger partial charge in [-0.1, -0.05) is 30.3 Å². The molecule has 2 heteroatoms. The van der Waals surface area contributed by atoms with Crippen molar-refractivity contribution in [1.82, 2.24) is 4.98 Å². The zero-order valence-electron chi connectivity index (χ0n) is 10.1. The molecule has 0 atom stereocenters. The maximum absolute atomic E-state index is 9.59. The maximum Gasteiger partial charge on any atom is 0.118 e. The second-order valence-electron chi connectivity index (χ2n) is 4.38. The van der Waals surface area contributed by atoms with Crippen LogP contribution in [-0.4, -0.2) is 10.1 Å². The van der Waals surface area contributed by atoms with Gasteiger partial charge in [0.2, 0.25) is 0 Å². The Morgan fingerprint density at radius 3 is 2.67 bits per heavy atom. The van der Waals surface area contributed by atoms with Gasteiger partial charge >= 0.3 is 0 Å². The van der Waals surface area contributed by atoms with E-state index in [4.69, 9.17) is 0 Å². The van der Waals surface area contributed by atoms with Crippen molar-refractivity contribution in [3.8, 4) is 16.9 Å². The highest BCUT2D eigenvalue weighted by atomic mass is 16.3. The van der Waals surface area contributed by atoms with Gasteiger partial charge in [0.25, 0.3) is 0 Å². The summed E-state index contributed by atoms with van der Waals surface area (Å²) < 4.78 is 0. The Morgan fingerprint density at radius 2 is 1.83 bits per heavy atom. The standard InChI is InChI=1S/C16H13NO/c1-11-10-13(7-8-15(11)18)14-6-2-4-12-5-3-9-17-16(12)14/h2-10,18H,1H3. The Labute approximate surface area is 106 Å². The molecule has 0 unspecified atom stereocenters. The number of para-hydroxylation sites is 1. The smallest absolute Gasteiger partial charge is 0.118 e. The number of aromatic nitrogens is 1. The van der Waals surface area contributed by atoms with E-state index in [1.54, 1.807) is 12.3 Å². The Hall–Kier alpha value is -2.35. The van der Waals surface area contributed by atoms with Gasteiger partial charge in [-0.3, -0.25) is 4.98 Å². The third-order valence-electron chi connectivity index (χ3n) is 3.14. The summed E-state index contributed by atoms with van der Waals surface area (Å²) >= 11 is 0. The minimum Gasteiger partial charge on any atom is -0.508 e. The molecule has 1 N–H and O–H groups in total. The van der Waals surface area contributed by atoms with Crippen LogP contribution >= 0.6 is 0 Å². The van der Waals surface area contributed by atoms with E-state index in [-0.39, 0.29) is 0 Å². The highest BCUT2D eigenvalue weighted by Crippen LogP contribution is 2.29. The van der Waals surface area contributed by atoms with Crippen LogP contribution in [-0.2, 0) is 0 Å². The van der Waals surface area contributed by atoms with E-state index < -0.39 is 0 Å². The van der Waals surface area contributed by atoms with Crippen LogP contribution in [0.5, 0.6) is 5.75 Å². The molecule has 0 bridgehead atoms. The lowest BCUT2D eigenvalue weighted by Gasteiger charge is -2.07. The molecule has 2 aromatic carbocycles. The summed E-state index contributed by atoms with van der Waals surface area (Å²) in [7, 11) is 0. The molecule has 3 rings (SSSR count). The Kier molecular flexibility index (Phi) is 2.49. The van der Waals surface area contributed by atoms with Gasteiger partial charge in [0.1, 0.15) is 5.75 Å². The molecule has 0 aliphatic heterocycles. The number of fused-ring (bicyclic) bond motifs is 1. The molecule has 18 heavy (non-hydrogen) atoms. The lowest BCUT2D eigenvalue weighted by molar-refractivity contribution is 0.471. The van der Waals surface area contributed by atoms with E-state index in [1.165, 1.54) is 0 Å². The van der Waals surface area contributed by atoms with Crippen LogP contribution in [0, 0.1) is 6.92 Å².